The van der Waals surface area contributed by atoms with Gasteiger partial charge in [-0.25, -0.2) is 9.78 Å². The van der Waals surface area contributed by atoms with Crippen LogP contribution in [0.25, 0.3) is 0 Å². The molecule has 1 aromatic rings. The molecule has 0 atom stereocenters. The number of anilines is 1. The van der Waals surface area contributed by atoms with Crippen molar-refractivity contribution in [2.75, 3.05) is 37.5 Å². The monoisotopic (exact) mass is 525 g/mol. The van der Waals surface area contributed by atoms with E-state index in [9.17, 15) is 19.2 Å². The van der Waals surface area contributed by atoms with Crippen LogP contribution < -0.4 is 20.9 Å². The SMILES string of the molecule is C=C(NC(=O)c1csc(N2CCC(CNC(=O)CCCCCCl)CC2)n1)C(=O)NC(=C)C(=O)OC. The number of aromatic nitrogens is 1. The lowest BCUT2D eigenvalue weighted by molar-refractivity contribution is -0.137. The molecule has 192 valence electrons. The number of rotatable bonds is 13. The first-order valence-electron chi connectivity index (χ1n) is 11.4. The minimum atomic E-state index is -0.800. The summed E-state index contributed by atoms with van der Waals surface area (Å²) in [4.78, 5) is 54.3. The molecule has 0 unspecified atom stereocenters. The number of nitrogens with one attached hydrogen (secondary N) is 3. The number of ether oxygens (including phenoxy) is 1. The standard InChI is InChI=1S/C23H32ClN5O5S/c1-15(20(31)27-16(2)22(33)34-3)26-21(32)18-14-35-23(28-18)29-11-8-17(9-12-29)13-25-19(30)7-5-4-6-10-24/h14,17H,1-2,4-13H2,3H3,(H,25,30)(H,26,32)(H,27,31). The molecule has 1 aromatic heterocycles. The van der Waals surface area contributed by atoms with Gasteiger partial charge in [0.25, 0.3) is 11.8 Å². The summed E-state index contributed by atoms with van der Waals surface area (Å²) in [5.41, 5.74) is -0.361. The predicted molar refractivity (Wildman–Crippen MR) is 135 cm³/mol. The lowest BCUT2D eigenvalue weighted by atomic mass is 9.97. The van der Waals surface area contributed by atoms with Crippen molar-refractivity contribution in [2.45, 2.75) is 38.5 Å². The summed E-state index contributed by atoms with van der Waals surface area (Å²) in [6.45, 7) is 9.11. The fourth-order valence-electron chi connectivity index (χ4n) is 3.39. The summed E-state index contributed by atoms with van der Waals surface area (Å²) in [5, 5.41) is 9.92. The molecule has 0 aromatic carbocycles. The van der Waals surface area contributed by atoms with E-state index in [1.807, 2.05) is 0 Å². The number of thiazole rings is 1. The Morgan fingerprint density at radius 1 is 1.14 bits per heavy atom. The van der Waals surface area contributed by atoms with Gasteiger partial charge in [0.2, 0.25) is 5.91 Å². The van der Waals surface area contributed by atoms with E-state index < -0.39 is 17.8 Å². The highest BCUT2D eigenvalue weighted by atomic mass is 35.5. The number of amides is 3. The van der Waals surface area contributed by atoms with Gasteiger partial charge in [0.1, 0.15) is 11.4 Å². The van der Waals surface area contributed by atoms with Crippen LogP contribution in [-0.4, -0.2) is 61.3 Å². The molecule has 0 aliphatic carbocycles. The Morgan fingerprint density at radius 3 is 2.51 bits per heavy atom. The summed E-state index contributed by atoms with van der Waals surface area (Å²) in [7, 11) is 1.16. The van der Waals surface area contributed by atoms with Crippen LogP contribution in [0.2, 0.25) is 0 Å². The Bertz CT molecular complexity index is 942. The molecule has 0 radical (unpaired) electrons. The molecule has 0 saturated carbocycles. The van der Waals surface area contributed by atoms with Gasteiger partial charge in [0.15, 0.2) is 5.13 Å². The predicted octanol–water partition coefficient (Wildman–Crippen LogP) is 2.32. The number of hydrogen-bond acceptors (Lipinski definition) is 8. The minimum Gasteiger partial charge on any atom is -0.464 e. The van der Waals surface area contributed by atoms with Crippen LogP contribution in [0.5, 0.6) is 0 Å². The summed E-state index contributed by atoms with van der Waals surface area (Å²) < 4.78 is 4.45. The highest BCUT2D eigenvalue weighted by molar-refractivity contribution is 7.13. The van der Waals surface area contributed by atoms with Crippen molar-refractivity contribution in [3.05, 3.63) is 35.6 Å². The third-order valence-corrected chi connectivity index (χ3v) is 6.64. The van der Waals surface area contributed by atoms with Gasteiger partial charge in [0, 0.05) is 37.3 Å². The van der Waals surface area contributed by atoms with Crippen LogP contribution in [0.15, 0.2) is 29.9 Å². The topological polar surface area (TPSA) is 130 Å². The minimum absolute atomic E-state index is 0.0856. The first-order valence-corrected chi connectivity index (χ1v) is 12.8. The van der Waals surface area contributed by atoms with E-state index in [0.29, 0.717) is 29.9 Å². The number of methoxy groups -OCH3 is 1. The Kier molecular flexibility index (Phi) is 11.7. The molecule has 1 aliphatic rings. The van der Waals surface area contributed by atoms with Gasteiger partial charge in [-0.15, -0.1) is 22.9 Å². The second kappa shape index (κ2) is 14.5. The van der Waals surface area contributed by atoms with Gasteiger partial charge in [-0.3, -0.25) is 14.4 Å². The first kappa shape index (κ1) is 28.3. The van der Waals surface area contributed by atoms with Crippen molar-refractivity contribution in [3.63, 3.8) is 0 Å². The average molecular weight is 526 g/mol. The molecule has 1 aliphatic heterocycles. The third-order valence-electron chi connectivity index (χ3n) is 5.47. The highest BCUT2D eigenvalue weighted by Crippen LogP contribution is 2.26. The molecule has 1 fully saturated rings. The van der Waals surface area contributed by atoms with Crippen molar-refractivity contribution in [1.82, 2.24) is 20.9 Å². The highest BCUT2D eigenvalue weighted by Gasteiger charge is 2.23. The summed E-state index contributed by atoms with van der Waals surface area (Å²) in [5.74, 6) is -1.04. The number of nitrogens with zero attached hydrogens (tertiary/aromatic N) is 2. The van der Waals surface area contributed by atoms with E-state index in [1.165, 1.54) is 11.3 Å². The number of unbranched alkanes of at least 4 members (excludes halogenated alkanes) is 2. The van der Waals surface area contributed by atoms with Crippen LogP contribution in [0.1, 0.15) is 49.0 Å². The Labute approximate surface area is 214 Å². The van der Waals surface area contributed by atoms with Crippen LogP contribution in [0, 0.1) is 5.92 Å². The largest absolute Gasteiger partial charge is 0.464 e. The first-order chi connectivity index (χ1) is 16.7. The van der Waals surface area contributed by atoms with Gasteiger partial charge >= 0.3 is 5.97 Å². The van der Waals surface area contributed by atoms with Gasteiger partial charge < -0.3 is 25.6 Å². The fourth-order valence-corrected chi connectivity index (χ4v) is 4.44. The van der Waals surface area contributed by atoms with Crippen LogP contribution in [-0.2, 0) is 19.1 Å². The molecule has 2 rings (SSSR count). The molecule has 10 nitrogen and oxygen atoms in total. The molecule has 3 N–H and O–H groups in total. The van der Waals surface area contributed by atoms with Crippen molar-refractivity contribution in [1.29, 1.82) is 0 Å². The molecule has 35 heavy (non-hydrogen) atoms. The van der Waals surface area contributed by atoms with E-state index >= 15 is 0 Å². The lowest BCUT2D eigenvalue weighted by Crippen LogP contribution is -2.38. The summed E-state index contributed by atoms with van der Waals surface area (Å²) in [6.07, 6.45) is 5.12. The zero-order chi connectivity index (χ0) is 25.8. The molecular formula is C23H32ClN5O5S. The number of esters is 1. The van der Waals surface area contributed by atoms with Crippen molar-refractivity contribution >= 4 is 51.8 Å². The quantitative estimate of drug-likeness (QED) is 0.156. The van der Waals surface area contributed by atoms with E-state index in [0.717, 1.165) is 52.3 Å². The van der Waals surface area contributed by atoms with E-state index in [4.69, 9.17) is 11.6 Å². The van der Waals surface area contributed by atoms with Gasteiger partial charge in [-0.1, -0.05) is 19.6 Å². The van der Waals surface area contributed by atoms with Crippen LogP contribution in [0.4, 0.5) is 5.13 Å². The number of carbonyl (C=O) groups excluding carboxylic acids is 4. The Morgan fingerprint density at radius 2 is 1.86 bits per heavy atom. The molecular weight excluding hydrogens is 494 g/mol. The molecule has 0 spiro atoms. The number of hydrogen-bond donors (Lipinski definition) is 3. The van der Waals surface area contributed by atoms with Gasteiger partial charge in [-0.05, 0) is 31.6 Å². The zero-order valence-corrected chi connectivity index (χ0v) is 21.4. The average Bonchev–Trinajstić information content (AvgIpc) is 3.35. The van der Waals surface area contributed by atoms with Crippen LogP contribution >= 0.6 is 22.9 Å². The van der Waals surface area contributed by atoms with Crippen molar-refractivity contribution < 1.29 is 23.9 Å². The number of halogens is 1. The number of piperidine rings is 1. The molecule has 1 saturated heterocycles. The molecule has 12 heteroatoms. The Balaban J connectivity index is 1.75. The summed E-state index contributed by atoms with van der Waals surface area (Å²) >= 11 is 6.99. The van der Waals surface area contributed by atoms with Crippen molar-refractivity contribution in [2.24, 2.45) is 5.92 Å². The molecule has 3 amide bonds. The zero-order valence-electron chi connectivity index (χ0n) is 19.9. The molecule has 0 bridgehead atoms. The normalized spacial score (nSPS) is 13.6. The second-order valence-electron chi connectivity index (χ2n) is 8.11. The van der Waals surface area contributed by atoms with Gasteiger partial charge in [-0.2, -0.15) is 0 Å². The maximum atomic E-state index is 12.5. The summed E-state index contributed by atoms with van der Waals surface area (Å²) in [6, 6.07) is 0. The van der Waals surface area contributed by atoms with Crippen molar-refractivity contribution in [3.8, 4) is 0 Å². The van der Waals surface area contributed by atoms with Crippen LogP contribution in [0.3, 0.4) is 0 Å². The number of alkyl halides is 1. The smallest absolute Gasteiger partial charge is 0.353 e. The lowest BCUT2D eigenvalue weighted by Gasteiger charge is -2.31. The maximum Gasteiger partial charge on any atom is 0.353 e. The third kappa shape index (κ3) is 9.33. The van der Waals surface area contributed by atoms with E-state index in [2.05, 4.69) is 43.7 Å². The van der Waals surface area contributed by atoms with E-state index in [-0.39, 0.29) is 23.0 Å². The van der Waals surface area contributed by atoms with E-state index in [1.54, 1.807) is 5.38 Å². The molecule has 2 heterocycles. The van der Waals surface area contributed by atoms with Gasteiger partial charge in [0.05, 0.1) is 12.8 Å². The maximum absolute atomic E-state index is 12.5. The second-order valence-corrected chi connectivity index (χ2v) is 9.32. The number of carbonyl (C=O) groups is 4. The fraction of sp³-hybridized carbons (Fsp3) is 0.522. The Hall–Kier alpha value is -2.92.